The third-order valence-electron chi connectivity index (χ3n) is 3.54. The van der Waals surface area contributed by atoms with Crippen molar-refractivity contribution in [2.75, 3.05) is 18.1 Å². The molecular weight excluding hydrogens is 328 g/mol. The van der Waals surface area contributed by atoms with Gasteiger partial charge >= 0.3 is 0 Å². The first-order valence-corrected chi connectivity index (χ1v) is 9.62. The molecule has 3 rings (SSSR count). The zero-order chi connectivity index (χ0) is 15.0. The third kappa shape index (κ3) is 2.90. The van der Waals surface area contributed by atoms with Gasteiger partial charge in [-0.05, 0) is 37.3 Å². The van der Waals surface area contributed by atoms with Gasteiger partial charge < -0.3 is 0 Å². The number of hydrogen-bond acceptors (Lipinski definition) is 4. The Hall–Kier alpha value is -0.820. The Labute approximate surface area is 133 Å². The monoisotopic (exact) mass is 342 g/mol. The van der Waals surface area contributed by atoms with E-state index in [0.29, 0.717) is 22.1 Å². The van der Waals surface area contributed by atoms with Crippen LogP contribution in [0.5, 0.6) is 0 Å². The van der Waals surface area contributed by atoms with E-state index in [9.17, 15) is 8.42 Å². The number of halogens is 1. The minimum absolute atomic E-state index is 0.0211. The van der Waals surface area contributed by atoms with Crippen LogP contribution in [0.4, 0.5) is 0 Å². The minimum atomic E-state index is -3.45. The average Bonchev–Trinajstić information content (AvgIpc) is 2.47. The zero-order valence-corrected chi connectivity index (χ0v) is 13.9. The number of sulfonamides is 1. The first-order valence-electron chi connectivity index (χ1n) is 6.64. The van der Waals surface area contributed by atoms with Crippen LogP contribution < -0.4 is 0 Å². The van der Waals surface area contributed by atoms with Crippen LogP contribution in [0.1, 0.15) is 6.92 Å². The molecule has 0 spiro atoms. The lowest BCUT2D eigenvalue weighted by Crippen LogP contribution is -2.44. The summed E-state index contributed by atoms with van der Waals surface area (Å²) in [6, 6.07) is 8.46. The summed E-state index contributed by atoms with van der Waals surface area (Å²) < 4.78 is 27.1. The predicted octanol–water partition coefficient (Wildman–Crippen LogP) is 3.01. The molecule has 0 aliphatic carbocycles. The van der Waals surface area contributed by atoms with E-state index in [1.54, 1.807) is 46.4 Å². The highest BCUT2D eigenvalue weighted by Crippen LogP contribution is 2.26. The highest BCUT2D eigenvalue weighted by atomic mass is 35.5. The van der Waals surface area contributed by atoms with Crippen LogP contribution in [0.15, 0.2) is 35.2 Å². The molecule has 112 valence electrons. The Balaban J connectivity index is 2.04. The molecule has 4 nitrogen and oxygen atoms in total. The smallest absolute Gasteiger partial charge is 0.236 e. The van der Waals surface area contributed by atoms with Crippen molar-refractivity contribution in [3.8, 4) is 0 Å². The van der Waals surface area contributed by atoms with Crippen LogP contribution in [-0.4, -0.2) is 41.8 Å². The number of nitrogens with zero attached hydrogens (tertiary/aromatic N) is 2. The minimum Gasteiger partial charge on any atom is -0.236 e. The van der Waals surface area contributed by atoms with E-state index in [0.717, 1.165) is 16.9 Å². The van der Waals surface area contributed by atoms with Gasteiger partial charge in [0.25, 0.3) is 0 Å². The van der Waals surface area contributed by atoms with Gasteiger partial charge in [0.1, 0.15) is 5.15 Å². The van der Waals surface area contributed by atoms with Gasteiger partial charge in [-0.2, -0.15) is 16.1 Å². The molecule has 21 heavy (non-hydrogen) atoms. The zero-order valence-electron chi connectivity index (χ0n) is 11.5. The average molecular weight is 343 g/mol. The van der Waals surface area contributed by atoms with Crippen molar-refractivity contribution in [2.24, 2.45) is 0 Å². The van der Waals surface area contributed by atoms with E-state index in [1.807, 2.05) is 6.92 Å². The lowest BCUT2D eigenvalue weighted by Gasteiger charge is -2.31. The largest absolute Gasteiger partial charge is 0.243 e. The topological polar surface area (TPSA) is 50.3 Å². The summed E-state index contributed by atoms with van der Waals surface area (Å²) in [6.07, 6.45) is 0. The van der Waals surface area contributed by atoms with Crippen LogP contribution in [0.2, 0.25) is 5.15 Å². The number of fused-ring (bicyclic) bond motifs is 1. The van der Waals surface area contributed by atoms with Gasteiger partial charge in [-0.3, -0.25) is 0 Å². The van der Waals surface area contributed by atoms with Crippen molar-refractivity contribution in [3.05, 3.63) is 35.5 Å². The van der Waals surface area contributed by atoms with Crippen LogP contribution in [-0.2, 0) is 10.0 Å². The van der Waals surface area contributed by atoms with Gasteiger partial charge in [0.05, 0.1) is 10.4 Å². The molecule has 1 fully saturated rings. The molecule has 7 heteroatoms. The fourth-order valence-corrected chi connectivity index (χ4v) is 5.49. The molecule has 1 aliphatic heterocycles. The van der Waals surface area contributed by atoms with Gasteiger partial charge in [-0.1, -0.05) is 11.6 Å². The van der Waals surface area contributed by atoms with Gasteiger partial charge in [-0.15, -0.1) is 0 Å². The highest BCUT2D eigenvalue weighted by molar-refractivity contribution is 7.99. The van der Waals surface area contributed by atoms with E-state index >= 15 is 0 Å². The van der Waals surface area contributed by atoms with Crippen molar-refractivity contribution in [1.82, 2.24) is 9.29 Å². The molecule has 0 N–H and O–H groups in total. The summed E-state index contributed by atoms with van der Waals surface area (Å²) in [6.45, 7) is 2.51. The molecule has 0 bridgehead atoms. The van der Waals surface area contributed by atoms with Gasteiger partial charge in [0.15, 0.2) is 0 Å². The fourth-order valence-electron chi connectivity index (χ4n) is 2.44. The number of hydrogen-bond donors (Lipinski definition) is 0. The molecule has 1 unspecified atom stereocenters. The number of pyridine rings is 1. The third-order valence-corrected chi connectivity index (χ3v) is 6.95. The Morgan fingerprint density at radius 2 is 2.14 bits per heavy atom. The van der Waals surface area contributed by atoms with Crippen LogP contribution >= 0.6 is 23.4 Å². The van der Waals surface area contributed by atoms with E-state index in [4.69, 9.17) is 11.6 Å². The van der Waals surface area contributed by atoms with Crippen LogP contribution in [0.25, 0.3) is 10.9 Å². The Bertz CT molecular complexity index is 780. The summed E-state index contributed by atoms with van der Waals surface area (Å²) in [7, 11) is -3.45. The first kappa shape index (κ1) is 15.1. The second-order valence-electron chi connectivity index (χ2n) is 5.03. The number of benzene rings is 1. The van der Waals surface area contributed by atoms with E-state index in [2.05, 4.69) is 4.98 Å². The molecule has 0 radical (unpaired) electrons. The fraction of sp³-hybridized carbons (Fsp3) is 0.357. The normalized spacial score (nSPS) is 20.8. The molecule has 1 aromatic heterocycles. The summed E-state index contributed by atoms with van der Waals surface area (Å²) in [5.74, 6) is 1.68. The number of rotatable bonds is 2. The van der Waals surface area contributed by atoms with Crippen LogP contribution in [0, 0.1) is 0 Å². The van der Waals surface area contributed by atoms with Gasteiger partial charge in [-0.25, -0.2) is 13.4 Å². The molecule has 2 heterocycles. The first-order chi connectivity index (χ1) is 9.98. The number of thioether (sulfide) groups is 1. The maximum atomic E-state index is 12.8. The lowest BCUT2D eigenvalue weighted by molar-refractivity contribution is 0.367. The second-order valence-corrected chi connectivity index (χ2v) is 8.46. The molecule has 0 amide bonds. The standard InChI is InChI=1S/C14H15ClN2O2S2/c1-10-9-20-7-6-17(10)21(18,19)12-3-4-13-11(8-12)2-5-14(15)16-13/h2-5,8,10H,6-7,9H2,1H3. The van der Waals surface area contributed by atoms with Gasteiger partial charge in [0, 0.05) is 29.5 Å². The quantitative estimate of drug-likeness (QED) is 0.787. The van der Waals surface area contributed by atoms with Crippen molar-refractivity contribution >= 4 is 44.3 Å². The molecule has 0 saturated carbocycles. The summed E-state index contributed by atoms with van der Waals surface area (Å²) in [5.41, 5.74) is 0.698. The maximum Gasteiger partial charge on any atom is 0.243 e. The van der Waals surface area contributed by atoms with E-state index in [-0.39, 0.29) is 6.04 Å². The van der Waals surface area contributed by atoms with Crippen LogP contribution in [0.3, 0.4) is 0 Å². The Morgan fingerprint density at radius 3 is 2.90 bits per heavy atom. The molecule has 1 saturated heterocycles. The van der Waals surface area contributed by atoms with Crippen molar-refractivity contribution in [3.63, 3.8) is 0 Å². The summed E-state index contributed by atoms with van der Waals surface area (Å²) in [4.78, 5) is 4.50. The molecule has 1 aromatic carbocycles. The SMILES string of the molecule is CC1CSCCN1S(=O)(=O)c1ccc2nc(Cl)ccc2c1. The van der Waals surface area contributed by atoms with Gasteiger partial charge in [0.2, 0.25) is 10.0 Å². The molecule has 2 aromatic rings. The molecule has 1 aliphatic rings. The summed E-state index contributed by atoms with van der Waals surface area (Å²) in [5, 5.41) is 1.18. The molecular formula is C14H15ClN2O2S2. The maximum absolute atomic E-state index is 12.8. The molecule has 1 atom stereocenters. The second kappa shape index (κ2) is 5.76. The Morgan fingerprint density at radius 1 is 1.33 bits per heavy atom. The van der Waals surface area contributed by atoms with Crippen molar-refractivity contribution in [2.45, 2.75) is 17.9 Å². The van der Waals surface area contributed by atoms with E-state index < -0.39 is 10.0 Å². The number of aromatic nitrogens is 1. The van der Waals surface area contributed by atoms with Crippen molar-refractivity contribution < 1.29 is 8.42 Å². The predicted molar refractivity (Wildman–Crippen MR) is 87.4 cm³/mol. The Kier molecular flexibility index (Phi) is 4.14. The summed E-state index contributed by atoms with van der Waals surface area (Å²) >= 11 is 7.64. The van der Waals surface area contributed by atoms with E-state index in [1.165, 1.54) is 0 Å². The highest BCUT2D eigenvalue weighted by Gasteiger charge is 2.31. The lowest BCUT2D eigenvalue weighted by atomic mass is 10.2. The van der Waals surface area contributed by atoms with Crippen molar-refractivity contribution in [1.29, 1.82) is 0 Å².